The number of nitrogens with one attached hydrogen (secondary N) is 1. The summed E-state index contributed by atoms with van der Waals surface area (Å²) in [5.41, 5.74) is 17.5. The molecule has 2 saturated carbocycles. The molecule has 2 unspecified atom stereocenters. The number of rotatable bonds is 6. The van der Waals surface area contributed by atoms with E-state index in [4.69, 9.17) is 21.4 Å². The number of fused-ring (bicyclic) bond motifs is 1. The first-order valence-electron chi connectivity index (χ1n) is 13.2. The van der Waals surface area contributed by atoms with Gasteiger partial charge in [-0.1, -0.05) is 49.6 Å². The summed E-state index contributed by atoms with van der Waals surface area (Å²) in [6.45, 7) is 0.619. The first kappa shape index (κ1) is 22.9. The summed E-state index contributed by atoms with van der Waals surface area (Å²) in [4.78, 5) is 18.9. The molecule has 8 heteroatoms. The van der Waals surface area contributed by atoms with Crippen LogP contribution in [0.1, 0.15) is 74.7 Å². The Balaban J connectivity index is 1.31. The largest absolute Gasteiger partial charge is 0.368 e. The van der Waals surface area contributed by atoms with Crippen molar-refractivity contribution in [3.8, 4) is 11.3 Å². The van der Waals surface area contributed by atoms with E-state index < -0.39 is 0 Å². The van der Waals surface area contributed by atoms with Gasteiger partial charge in [-0.3, -0.25) is 4.98 Å². The van der Waals surface area contributed by atoms with Crippen molar-refractivity contribution in [1.29, 1.82) is 0 Å². The molecule has 0 radical (unpaired) electrons. The van der Waals surface area contributed by atoms with Crippen molar-refractivity contribution in [1.82, 2.24) is 24.5 Å². The number of pyridine rings is 1. The Labute approximate surface area is 211 Å². The first-order chi connectivity index (χ1) is 17.7. The monoisotopic (exact) mass is 482 g/mol. The number of anilines is 2. The zero-order valence-corrected chi connectivity index (χ0v) is 20.6. The molecule has 2 fully saturated rings. The summed E-state index contributed by atoms with van der Waals surface area (Å²) in [5.74, 6) is 2.46. The van der Waals surface area contributed by atoms with Gasteiger partial charge in [0, 0.05) is 36.3 Å². The molecule has 8 nitrogen and oxygen atoms in total. The summed E-state index contributed by atoms with van der Waals surface area (Å²) in [5, 5.41) is 3.50. The predicted octanol–water partition coefficient (Wildman–Crippen LogP) is 5.18. The molecule has 0 bridgehead atoms. The molecule has 3 aromatic heterocycles. The topological polar surface area (TPSA) is 121 Å². The lowest BCUT2D eigenvalue weighted by Crippen LogP contribution is -2.28. The molecule has 5 N–H and O–H groups in total. The number of benzene rings is 1. The minimum Gasteiger partial charge on any atom is -0.368 e. The fourth-order valence-corrected chi connectivity index (χ4v) is 5.92. The number of hydrogen-bond acceptors (Lipinski definition) is 7. The van der Waals surface area contributed by atoms with Crippen LogP contribution in [0.2, 0.25) is 0 Å². The highest BCUT2D eigenvalue weighted by Gasteiger charge is 2.31. The normalized spacial score (nSPS) is 20.7. The Morgan fingerprint density at radius 1 is 0.917 bits per heavy atom. The standard InChI is InChI=1S/C28H34N8/c29-21-7-5-6-20(16-21)26-33-24-25(34-28(30)35-27(24)36(26)22-8-1-2-9-22)32-17-18-11-13-19(14-12-18)23-10-3-4-15-31-23/h3-4,10-15,20-22H,1-2,5-9,16-17,29H2,(H3,30,32,34,35). The van der Waals surface area contributed by atoms with Gasteiger partial charge in [0.2, 0.25) is 5.95 Å². The van der Waals surface area contributed by atoms with Crippen molar-refractivity contribution >= 4 is 22.9 Å². The third-order valence-corrected chi connectivity index (χ3v) is 7.73. The molecular formula is C28H34N8. The van der Waals surface area contributed by atoms with Crippen molar-refractivity contribution < 1.29 is 0 Å². The van der Waals surface area contributed by atoms with Crippen LogP contribution in [0.15, 0.2) is 48.7 Å². The molecule has 3 heterocycles. The van der Waals surface area contributed by atoms with Crippen LogP contribution in [0.3, 0.4) is 0 Å². The van der Waals surface area contributed by atoms with Crippen LogP contribution in [0.25, 0.3) is 22.4 Å². The van der Waals surface area contributed by atoms with E-state index in [-0.39, 0.29) is 12.0 Å². The molecule has 0 aliphatic heterocycles. The fourth-order valence-electron chi connectivity index (χ4n) is 5.92. The molecule has 0 saturated heterocycles. The Bertz CT molecular complexity index is 1330. The maximum absolute atomic E-state index is 6.37. The van der Waals surface area contributed by atoms with Gasteiger partial charge in [-0.05, 0) is 49.8 Å². The third-order valence-electron chi connectivity index (χ3n) is 7.73. The van der Waals surface area contributed by atoms with E-state index in [2.05, 4.69) is 44.1 Å². The van der Waals surface area contributed by atoms with Crippen LogP contribution in [0.4, 0.5) is 11.8 Å². The average molecular weight is 483 g/mol. The van der Waals surface area contributed by atoms with Crippen LogP contribution in [0, 0.1) is 0 Å². The van der Waals surface area contributed by atoms with Gasteiger partial charge in [0.1, 0.15) is 5.82 Å². The van der Waals surface area contributed by atoms with Crippen LogP contribution in [0.5, 0.6) is 0 Å². The molecule has 186 valence electrons. The lowest BCUT2D eigenvalue weighted by atomic mass is 9.85. The smallest absolute Gasteiger partial charge is 0.224 e. The zero-order valence-electron chi connectivity index (χ0n) is 20.6. The quantitative estimate of drug-likeness (QED) is 0.346. The van der Waals surface area contributed by atoms with Gasteiger partial charge in [0.15, 0.2) is 17.0 Å². The minimum absolute atomic E-state index is 0.239. The number of nitrogens with two attached hydrogens (primary N) is 2. The molecule has 0 spiro atoms. The predicted molar refractivity (Wildman–Crippen MR) is 143 cm³/mol. The summed E-state index contributed by atoms with van der Waals surface area (Å²) in [6, 6.07) is 15.0. The second-order valence-electron chi connectivity index (χ2n) is 10.3. The Kier molecular flexibility index (Phi) is 6.27. The molecule has 2 aliphatic carbocycles. The Morgan fingerprint density at radius 2 is 1.75 bits per heavy atom. The van der Waals surface area contributed by atoms with Crippen LogP contribution >= 0.6 is 0 Å². The number of hydrogen-bond donors (Lipinski definition) is 3. The average Bonchev–Trinajstić information content (AvgIpc) is 3.56. The van der Waals surface area contributed by atoms with Crippen molar-refractivity contribution in [2.45, 2.75) is 75.9 Å². The summed E-state index contributed by atoms with van der Waals surface area (Å²) in [6.07, 6.45) is 11.0. The van der Waals surface area contributed by atoms with E-state index in [0.29, 0.717) is 24.3 Å². The molecule has 36 heavy (non-hydrogen) atoms. The third kappa shape index (κ3) is 4.53. The van der Waals surface area contributed by atoms with Crippen LogP contribution < -0.4 is 16.8 Å². The fraction of sp³-hybridized carbons (Fsp3) is 0.429. The lowest BCUT2D eigenvalue weighted by Gasteiger charge is -2.28. The number of nitrogens with zero attached hydrogens (tertiary/aromatic N) is 5. The van der Waals surface area contributed by atoms with Gasteiger partial charge < -0.3 is 21.4 Å². The molecule has 4 aromatic rings. The number of nitrogen functional groups attached to an aromatic ring is 1. The highest BCUT2D eigenvalue weighted by Crippen LogP contribution is 2.40. The van der Waals surface area contributed by atoms with Crippen LogP contribution in [-0.4, -0.2) is 30.5 Å². The van der Waals surface area contributed by atoms with Crippen molar-refractivity contribution in [3.05, 3.63) is 60.0 Å². The second-order valence-corrected chi connectivity index (χ2v) is 10.3. The van der Waals surface area contributed by atoms with Gasteiger partial charge in [-0.15, -0.1) is 0 Å². The molecular weight excluding hydrogens is 448 g/mol. The zero-order chi connectivity index (χ0) is 24.5. The minimum atomic E-state index is 0.239. The first-order valence-corrected chi connectivity index (χ1v) is 13.2. The van der Waals surface area contributed by atoms with Crippen molar-refractivity contribution in [3.63, 3.8) is 0 Å². The van der Waals surface area contributed by atoms with Crippen molar-refractivity contribution in [2.75, 3.05) is 11.1 Å². The maximum atomic E-state index is 6.37. The number of imidazole rings is 1. The summed E-state index contributed by atoms with van der Waals surface area (Å²) >= 11 is 0. The van der Waals surface area contributed by atoms with E-state index in [1.54, 1.807) is 0 Å². The van der Waals surface area contributed by atoms with E-state index in [1.807, 2.05) is 24.4 Å². The molecule has 6 rings (SSSR count). The van der Waals surface area contributed by atoms with Gasteiger partial charge in [-0.2, -0.15) is 9.97 Å². The van der Waals surface area contributed by atoms with E-state index >= 15 is 0 Å². The van der Waals surface area contributed by atoms with Crippen LogP contribution in [-0.2, 0) is 6.54 Å². The van der Waals surface area contributed by atoms with Gasteiger partial charge in [0.25, 0.3) is 0 Å². The van der Waals surface area contributed by atoms with Gasteiger partial charge >= 0.3 is 0 Å². The lowest BCUT2D eigenvalue weighted by molar-refractivity contribution is 0.364. The van der Waals surface area contributed by atoms with Gasteiger partial charge in [0.05, 0.1) is 5.69 Å². The van der Waals surface area contributed by atoms with Gasteiger partial charge in [-0.25, -0.2) is 4.98 Å². The molecule has 0 amide bonds. The Morgan fingerprint density at radius 3 is 2.50 bits per heavy atom. The van der Waals surface area contributed by atoms with E-state index in [0.717, 1.165) is 72.3 Å². The maximum Gasteiger partial charge on any atom is 0.224 e. The van der Waals surface area contributed by atoms with Crippen molar-refractivity contribution in [2.24, 2.45) is 5.73 Å². The van der Waals surface area contributed by atoms with E-state index in [9.17, 15) is 0 Å². The molecule has 2 atom stereocenters. The molecule has 1 aromatic carbocycles. The summed E-state index contributed by atoms with van der Waals surface area (Å²) < 4.78 is 2.38. The highest BCUT2D eigenvalue weighted by molar-refractivity contribution is 5.85. The van der Waals surface area contributed by atoms with E-state index in [1.165, 1.54) is 12.8 Å². The SMILES string of the molecule is Nc1nc(NCc2ccc(-c3ccccn3)cc2)c2nc(C3CCCC(N)C3)n(C3CCCC3)c2n1. The second kappa shape index (κ2) is 9.85. The molecule has 2 aliphatic rings. The Hall–Kier alpha value is -3.52. The summed E-state index contributed by atoms with van der Waals surface area (Å²) in [7, 11) is 0. The number of aromatic nitrogens is 5. The highest BCUT2D eigenvalue weighted by atomic mass is 15.2.